The monoisotopic (exact) mass is 283 g/mol. The molecule has 0 amide bonds. The molecule has 0 saturated carbocycles. The third-order valence-corrected chi connectivity index (χ3v) is 3.36. The normalized spacial score (nSPS) is 12.2. The third-order valence-electron chi connectivity index (χ3n) is 3.16. The first-order valence-corrected chi connectivity index (χ1v) is 6.38. The Kier molecular flexibility index (Phi) is 3.09. The Balaban J connectivity index is 2.15. The Bertz CT molecular complexity index is 801. The molecule has 0 saturated heterocycles. The molecular weight excluding hydrogens is 274 g/mol. The van der Waals surface area contributed by atoms with Crippen molar-refractivity contribution in [3.05, 3.63) is 53.1 Å². The molecule has 6 heteroatoms. The molecule has 1 atom stereocenters. The number of imidazole rings is 1. The first-order valence-electron chi connectivity index (χ1n) is 6.01. The molecule has 0 aliphatic rings. The van der Waals surface area contributed by atoms with Crippen molar-refractivity contribution in [3.63, 3.8) is 0 Å². The van der Waals surface area contributed by atoms with Crippen LogP contribution in [0, 0.1) is 11.3 Å². The van der Waals surface area contributed by atoms with E-state index in [4.69, 9.17) is 11.6 Å². The van der Waals surface area contributed by atoms with Crippen molar-refractivity contribution in [1.29, 1.82) is 5.26 Å². The summed E-state index contributed by atoms with van der Waals surface area (Å²) in [6.45, 7) is 0. The summed E-state index contributed by atoms with van der Waals surface area (Å²) in [7, 11) is 1.89. The fourth-order valence-electron chi connectivity index (χ4n) is 2.16. The molecule has 3 aromatic rings. The predicted molar refractivity (Wildman–Crippen MR) is 75.2 cm³/mol. The Morgan fingerprint density at radius 2 is 2.00 bits per heavy atom. The fraction of sp³-hybridized carbons (Fsp3) is 0.143. The van der Waals surface area contributed by atoms with Crippen LogP contribution in [0.15, 0.2) is 36.4 Å². The molecule has 98 valence electrons. The maximum atomic E-state index is 9.45. The second-order valence-electron chi connectivity index (χ2n) is 4.36. The summed E-state index contributed by atoms with van der Waals surface area (Å²) >= 11 is 5.72. The lowest BCUT2D eigenvalue weighted by Crippen LogP contribution is -2.08. The van der Waals surface area contributed by atoms with Crippen LogP contribution in [0.1, 0.15) is 17.4 Å². The Morgan fingerprint density at radius 1 is 1.20 bits per heavy atom. The molecule has 0 radical (unpaired) electrons. The topological polar surface area (TPSA) is 67.4 Å². The van der Waals surface area contributed by atoms with Crippen LogP contribution in [-0.2, 0) is 7.05 Å². The number of fused-ring (bicyclic) bond motifs is 1. The maximum Gasteiger partial charge on any atom is 0.151 e. The number of aryl methyl sites for hydroxylation is 1. The van der Waals surface area contributed by atoms with Crippen LogP contribution < -0.4 is 0 Å². The SMILES string of the molecule is Cn1c(C(C#N)c2ccc(Cl)nn2)nc2ccccc21. The zero-order valence-corrected chi connectivity index (χ0v) is 11.4. The third kappa shape index (κ3) is 2.00. The summed E-state index contributed by atoms with van der Waals surface area (Å²) < 4.78 is 1.90. The van der Waals surface area contributed by atoms with Gasteiger partial charge in [0.15, 0.2) is 5.15 Å². The van der Waals surface area contributed by atoms with Crippen LogP contribution in [0.2, 0.25) is 5.15 Å². The summed E-state index contributed by atoms with van der Waals surface area (Å²) in [5.41, 5.74) is 2.37. The molecule has 1 unspecified atom stereocenters. The van der Waals surface area contributed by atoms with Gasteiger partial charge in [-0.3, -0.25) is 0 Å². The number of rotatable bonds is 2. The number of benzene rings is 1. The first kappa shape index (κ1) is 12.6. The molecule has 3 rings (SSSR count). The highest BCUT2D eigenvalue weighted by molar-refractivity contribution is 6.29. The van der Waals surface area contributed by atoms with Gasteiger partial charge in [-0.15, -0.1) is 5.10 Å². The lowest BCUT2D eigenvalue weighted by atomic mass is 10.1. The fourth-order valence-corrected chi connectivity index (χ4v) is 2.26. The number of nitrogens with zero attached hydrogens (tertiary/aromatic N) is 5. The number of halogens is 1. The lowest BCUT2D eigenvalue weighted by Gasteiger charge is -2.08. The number of hydrogen-bond acceptors (Lipinski definition) is 4. The zero-order chi connectivity index (χ0) is 14.1. The van der Waals surface area contributed by atoms with Gasteiger partial charge in [-0.25, -0.2) is 4.98 Å². The number of aromatic nitrogens is 4. The van der Waals surface area contributed by atoms with E-state index in [-0.39, 0.29) is 0 Å². The average molecular weight is 284 g/mol. The maximum absolute atomic E-state index is 9.45. The van der Waals surface area contributed by atoms with E-state index in [0.717, 1.165) is 11.0 Å². The second kappa shape index (κ2) is 4.91. The Labute approximate surface area is 120 Å². The summed E-state index contributed by atoms with van der Waals surface area (Å²) in [6.07, 6.45) is 0. The summed E-state index contributed by atoms with van der Waals surface area (Å²) in [5.74, 6) is 0.0717. The summed E-state index contributed by atoms with van der Waals surface area (Å²) in [6, 6.07) is 13.3. The second-order valence-corrected chi connectivity index (χ2v) is 4.75. The number of hydrogen-bond donors (Lipinski definition) is 0. The zero-order valence-electron chi connectivity index (χ0n) is 10.7. The van der Waals surface area contributed by atoms with E-state index in [1.807, 2.05) is 35.9 Å². The van der Waals surface area contributed by atoms with Gasteiger partial charge in [0, 0.05) is 7.05 Å². The van der Waals surface area contributed by atoms with Crippen LogP contribution in [0.5, 0.6) is 0 Å². The van der Waals surface area contributed by atoms with Gasteiger partial charge >= 0.3 is 0 Å². The van der Waals surface area contributed by atoms with Crippen LogP contribution in [0.3, 0.4) is 0 Å². The van der Waals surface area contributed by atoms with Crippen molar-refractivity contribution < 1.29 is 0 Å². The van der Waals surface area contributed by atoms with Gasteiger partial charge in [0.05, 0.1) is 22.8 Å². The van der Waals surface area contributed by atoms with Gasteiger partial charge in [-0.05, 0) is 24.3 Å². The molecular formula is C14H10ClN5. The minimum absolute atomic E-state index is 0.301. The van der Waals surface area contributed by atoms with E-state index >= 15 is 0 Å². The van der Waals surface area contributed by atoms with Gasteiger partial charge in [-0.1, -0.05) is 23.7 Å². The predicted octanol–water partition coefficient (Wildman–Crippen LogP) is 2.67. The van der Waals surface area contributed by atoms with Crippen molar-refractivity contribution in [1.82, 2.24) is 19.7 Å². The molecule has 0 aliphatic carbocycles. The van der Waals surface area contributed by atoms with Crippen molar-refractivity contribution in [2.45, 2.75) is 5.92 Å². The minimum atomic E-state index is -0.572. The highest BCUT2D eigenvalue weighted by Crippen LogP contribution is 2.25. The molecule has 0 fully saturated rings. The molecule has 0 N–H and O–H groups in total. The standard InChI is InChI=1S/C14H10ClN5/c1-20-12-5-3-2-4-11(12)17-14(20)9(8-16)10-6-7-13(15)19-18-10/h2-7,9H,1H3. The van der Waals surface area contributed by atoms with E-state index in [9.17, 15) is 5.26 Å². The largest absolute Gasteiger partial charge is 0.330 e. The van der Waals surface area contributed by atoms with E-state index in [1.165, 1.54) is 0 Å². The molecule has 20 heavy (non-hydrogen) atoms. The Hall–Kier alpha value is -2.45. The summed E-state index contributed by atoms with van der Waals surface area (Å²) in [4.78, 5) is 4.52. The molecule has 0 spiro atoms. The minimum Gasteiger partial charge on any atom is -0.330 e. The Morgan fingerprint density at radius 3 is 2.65 bits per heavy atom. The first-order chi connectivity index (χ1) is 9.70. The molecule has 2 aromatic heterocycles. The van der Waals surface area contributed by atoms with E-state index in [1.54, 1.807) is 12.1 Å². The molecule has 0 aliphatic heterocycles. The highest BCUT2D eigenvalue weighted by Gasteiger charge is 2.21. The summed E-state index contributed by atoms with van der Waals surface area (Å²) in [5, 5.41) is 17.5. The van der Waals surface area contributed by atoms with E-state index < -0.39 is 5.92 Å². The van der Waals surface area contributed by atoms with Gasteiger partial charge in [-0.2, -0.15) is 10.4 Å². The van der Waals surface area contributed by atoms with Crippen molar-refractivity contribution in [2.24, 2.45) is 7.05 Å². The van der Waals surface area contributed by atoms with Gasteiger partial charge < -0.3 is 4.57 Å². The average Bonchev–Trinajstić information content (AvgIpc) is 2.80. The molecule has 1 aromatic carbocycles. The lowest BCUT2D eigenvalue weighted by molar-refractivity contribution is 0.769. The van der Waals surface area contributed by atoms with Gasteiger partial charge in [0.2, 0.25) is 0 Å². The molecule has 5 nitrogen and oxygen atoms in total. The quantitative estimate of drug-likeness (QED) is 0.725. The van der Waals surface area contributed by atoms with Crippen molar-refractivity contribution in [2.75, 3.05) is 0 Å². The van der Waals surface area contributed by atoms with E-state index in [2.05, 4.69) is 21.3 Å². The highest BCUT2D eigenvalue weighted by atomic mass is 35.5. The van der Waals surface area contributed by atoms with Crippen LogP contribution in [-0.4, -0.2) is 19.7 Å². The van der Waals surface area contributed by atoms with Gasteiger partial charge in [0.1, 0.15) is 11.7 Å². The van der Waals surface area contributed by atoms with Crippen LogP contribution in [0.25, 0.3) is 11.0 Å². The molecule has 2 heterocycles. The van der Waals surface area contributed by atoms with E-state index in [0.29, 0.717) is 16.7 Å². The number of para-hydroxylation sites is 2. The van der Waals surface area contributed by atoms with Crippen LogP contribution >= 0.6 is 11.6 Å². The van der Waals surface area contributed by atoms with Gasteiger partial charge in [0.25, 0.3) is 0 Å². The van der Waals surface area contributed by atoms with Crippen molar-refractivity contribution in [3.8, 4) is 6.07 Å². The van der Waals surface area contributed by atoms with Crippen LogP contribution in [0.4, 0.5) is 0 Å². The molecule has 0 bridgehead atoms. The smallest absolute Gasteiger partial charge is 0.151 e. The van der Waals surface area contributed by atoms with Crippen molar-refractivity contribution >= 4 is 22.6 Å². The number of nitriles is 1.